The van der Waals surface area contributed by atoms with Crippen molar-refractivity contribution in [3.05, 3.63) is 91.9 Å². The van der Waals surface area contributed by atoms with Crippen molar-refractivity contribution in [3.8, 4) is 0 Å². The van der Waals surface area contributed by atoms with Crippen LogP contribution in [-0.4, -0.2) is 43.7 Å². The highest BCUT2D eigenvalue weighted by atomic mass is 35.5. The predicted octanol–water partition coefficient (Wildman–Crippen LogP) is 3.19. The monoisotopic (exact) mass is 515 g/mol. The minimum Gasteiger partial charge on any atom is -0.466 e. The molecule has 3 rings (SSSR count). The summed E-state index contributed by atoms with van der Waals surface area (Å²) in [5, 5.41) is 11.8. The smallest absolute Gasteiger partial charge is 0.355 e. The minimum absolute atomic E-state index is 0.0130. The number of rotatable bonds is 7. The SMILES string of the molecule is CCOC(=O)C1=C(N)N(c2cccc([N+](=O)[O-])c2)C(C(=O)OC)=C(C(=O)OC)C1c1ccc(Cl)cc1. The largest absolute Gasteiger partial charge is 0.466 e. The third-order valence-corrected chi connectivity index (χ3v) is 5.61. The standard InChI is InChI=1S/C24H22ClN3O8/c1-4-36-23(30)19-17(13-8-10-14(25)11-9-13)18(22(29)34-2)20(24(31)35-3)27(21(19)26)15-6-5-7-16(12-15)28(32)33/h5-12,17H,4,26H2,1-3H3. The molecule has 0 amide bonds. The average molecular weight is 516 g/mol. The van der Waals surface area contributed by atoms with Crippen LogP contribution in [0.25, 0.3) is 0 Å². The fourth-order valence-corrected chi connectivity index (χ4v) is 3.97. The second-order valence-electron chi connectivity index (χ2n) is 7.36. The highest BCUT2D eigenvalue weighted by molar-refractivity contribution is 6.30. The van der Waals surface area contributed by atoms with Crippen molar-refractivity contribution in [1.82, 2.24) is 0 Å². The first-order valence-electron chi connectivity index (χ1n) is 10.5. The van der Waals surface area contributed by atoms with E-state index in [0.29, 0.717) is 10.6 Å². The van der Waals surface area contributed by atoms with Crippen LogP contribution in [0, 0.1) is 10.1 Å². The molecule has 0 saturated carbocycles. The van der Waals surface area contributed by atoms with E-state index in [0.717, 1.165) is 25.2 Å². The maximum Gasteiger partial charge on any atom is 0.355 e. The summed E-state index contributed by atoms with van der Waals surface area (Å²) in [5.41, 5.74) is 5.72. The number of nitro groups is 1. The Hall–Kier alpha value is -4.38. The highest BCUT2D eigenvalue weighted by Crippen LogP contribution is 2.44. The molecule has 0 fully saturated rings. The predicted molar refractivity (Wildman–Crippen MR) is 129 cm³/mol. The number of esters is 3. The first-order valence-corrected chi connectivity index (χ1v) is 10.9. The molecule has 2 aromatic rings. The third-order valence-electron chi connectivity index (χ3n) is 5.35. The summed E-state index contributed by atoms with van der Waals surface area (Å²) in [4.78, 5) is 51.3. The van der Waals surface area contributed by atoms with Gasteiger partial charge in [-0.25, -0.2) is 14.4 Å². The Bertz CT molecular complexity index is 1290. The Balaban J connectivity index is 2.46. The number of halogens is 1. The van der Waals surface area contributed by atoms with Gasteiger partial charge in [-0.1, -0.05) is 29.8 Å². The summed E-state index contributed by atoms with van der Waals surface area (Å²) in [7, 11) is 2.19. The van der Waals surface area contributed by atoms with E-state index < -0.39 is 28.7 Å². The van der Waals surface area contributed by atoms with Gasteiger partial charge in [0.2, 0.25) is 0 Å². The number of non-ortho nitro benzene ring substituents is 1. The van der Waals surface area contributed by atoms with Crippen LogP contribution in [0.1, 0.15) is 18.4 Å². The molecule has 0 aliphatic carbocycles. The lowest BCUT2D eigenvalue weighted by atomic mass is 9.80. The van der Waals surface area contributed by atoms with Gasteiger partial charge < -0.3 is 19.9 Å². The summed E-state index contributed by atoms with van der Waals surface area (Å²) < 4.78 is 15.2. The first kappa shape index (κ1) is 26.2. The molecule has 11 nitrogen and oxygen atoms in total. The van der Waals surface area contributed by atoms with Crippen molar-refractivity contribution in [3.63, 3.8) is 0 Å². The molecule has 0 saturated heterocycles. The molecule has 12 heteroatoms. The molecule has 0 aromatic heterocycles. The number of hydrogen-bond donors (Lipinski definition) is 1. The van der Waals surface area contributed by atoms with Crippen LogP contribution in [0.5, 0.6) is 0 Å². The van der Waals surface area contributed by atoms with Gasteiger partial charge in [-0.2, -0.15) is 0 Å². The van der Waals surface area contributed by atoms with Crippen molar-refractivity contribution < 1.29 is 33.5 Å². The van der Waals surface area contributed by atoms with E-state index in [1.807, 2.05) is 0 Å². The van der Waals surface area contributed by atoms with E-state index in [1.54, 1.807) is 19.1 Å². The van der Waals surface area contributed by atoms with E-state index >= 15 is 0 Å². The van der Waals surface area contributed by atoms with Crippen molar-refractivity contribution in [2.24, 2.45) is 5.73 Å². The zero-order valence-electron chi connectivity index (χ0n) is 19.5. The van der Waals surface area contributed by atoms with Crippen LogP contribution < -0.4 is 10.6 Å². The number of carbonyl (C=O) groups is 3. The van der Waals surface area contributed by atoms with Gasteiger partial charge in [0.05, 0.1) is 48.5 Å². The Morgan fingerprint density at radius 2 is 1.67 bits per heavy atom. The van der Waals surface area contributed by atoms with Crippen LogP contribution in [-0.2, 0) is 28.6 Å². The molecule has 0 spiro atoms. The number of nitrogens with zero attached hydrogens (tertiary/aromatic N) is 2. The summed E-state index contributed by atoms with van der Waals surface area (Å²) >= 11 is 6.03. The molecule has 0 radical (unpaired) electrons. The number of methoxy groups -OCH3 is 2. The third kappa shape index (κ3) is 4.86. The number of hydrogen-bond acceptors (Lipinski definition) is 10. The number of nitrogens with two attached hydrogens (primary N) is 1. The first-order chi connectivity index (χ1) is 17.2. The molecule has 36 heavy (non-hydrogen) atoms. The van der Waals surface area contributed by atoms with Gasteiger partial charge >= 0.3 is 17.9 Å². The van der Waals surface area contributed by atoms with Crippen molar-refractivity contribution in [2.45, 2.75) is 12.8 Å². The Labute approximate surface area is 210 Å². The molecule has 2 N–H and O–H groups in total. The maximum absolute atomic E-state index is 13.2. The number of benzene rings is 2. The van der Waals surface area contributed by atoms with E-state index in [1.165, 1.54) is 30.3 Å². The zero-order valence-corrected chi connectivity index (χ0v) is 20.3. The van der Waals surface area contributed by atoms with Crippen LogP contribution >= 0.6 is 11.6 Å². The minimum atomic E-state index is -1.21. The van der Waals surface area contributed by atoms with Crippen LogP contribution in [0.15, 0.2) is 71.2 Å². The van der Waals surface area contributed by atoms with Crippen molar-refractivity contribution in [1.29, 1.82) is 0 Å². The van der Waals surface area contributed by atoms with Crippen molar-refractivity contribution >= 4 is 40.9 Å². The van der Waals surface area contributed by atoms with Gasteiger partial charge in [-0.15, -0.1) is 0 Å². The van der Waals surface area contributed by atoms with Gasteiger partial charge in [0, 0.05) is 17.2 Å². The second-order valence-corrected chi connectivity index (χ2v) is 7.80. The summed E-state index contributed by atoms with van der Waals surface area (Å²) in [5.74, 6) is -4.32. The molecule has 188 valence electrons. The maximum atomic E-state index is 13.2. The highest BCUT2D eigenvalue weighted by Gasteiger charge is 2.45. The molecule has 2 aromatic carbocycles. The average Bonchev–Trinajstić information content (AvgIpc) is 2.87. The molecule has 1 heterocycles. The van der Waals surface area contributed by atoms with E-state index in [4.69, 9.17) is 31.5 Å². The van der Waals surface area contributed by atoms with Crippen LogP contribution in [0.2, 0.25) is 5.02 Å². The molecule has 1 atom stereocenters. The quantitative estimate of drug-likeness (QED) is 0.252. The summed E-state index contributed by atoms with van der Waals surface area (Å²) in [6, 6.07) is 11.3. The van der Waals surface area contributed by atoms with Gasteiger partial charge in [0.1, 0.15) is 11.5 Å². The van der Waals surface area contributed by atoms with Gasteiger partial charge in [0.15, 0.2) is 0 Å². The molecule has 0 bridgehead atoms. The fourth-order valence-electron chi connectivity index (χ4n) is 3.85. The normalized spacial score (nSPS) is 15.4. The van der Waals surface area contributed by atoms with Crippen LogP contribution in [0.4, 0.5) is 11.4 Å². The molecular formula is C24H22ClN3O8. The van der Waals surface area contributed by atoms with Crippen molar-refractivity contribution in [2.75, 3.05) is 25.7 Å². The Kier molecular flexibility index (Phi) is 7.95. The summed E-state index contributed by atoms with van der Waals surface area (Å²) in [6.45, 7) is 1.57. The Morgan fingerprint density at radius 1 is 1.03 bits per heavy atom. The van der Waals surface area contributed by atoms with Gasteiger partial charge in [-0.3, -0.25) is 15.0 Å². The van der Waals surface area contributed by atoms with Gasteiger partial charge in [0.25, 0.3) is 5.69 Å². The zero-order chi connectivity index (χ0) is 26.6. The topological polar surface area (TPSA) is 151 Å². The molecule has 1 aliphatic rings. The van der Waals surface area contributed by atoms with Gasteiger partial charge in [-0.05, 0) is 30.7 Å². The number of nitro benzene ring substituents is 1. The lowest BCUT2D eigenvalue weighted by molar-refractivity contribution is -0.384. The number of ether oxygens (including phenoxy) is 3. The van der Waals surface area contributed by atoms with E-state index in [2.05, 4.69) is 0 Å². The number of anilines is 1. The van der Waals surface area contributed by atoms with E-state index in [-0.39, 0.29) is 40.6 Å². The second kappa shape index (κ2) is 10.9. The Morgan fingerprint density at radius 3 is 2.22 bits per heavy atom. The molecule has 1 unspecified atom stereocenters. The van der Waals surface area contributed by atoms with E-state index in [9.17, 15) is 24.5 Å². The summed E-state index contributed by atoms with van der Waals surface area (Å²) in [6.07, 6.45) is 0. The lowest BCUT2D eigenvalue weighted by Crippen LogP contribution is -2.42. The number of carbonyl (C=O) groups excluding carboxylic acids is 3. The van der Waals surface area contributed by atoms with Crippen LogP contribution in [0.3, 0.4) is 0 Å². The lowest BCUT2D eigenvalue weighted by Gasteiger charge is -2.36. The fraction of sp³-hybridized carbons (Fsp3) is 0.208. The molecule has 1 aliphatic heterocycles. The molecular weight excluding hydrogens is 494 g/mol.